The molecule has 0 saturated carbocycles. The lowest BCUT2D eigenvalue weighted by atomic mass is 10.1. The molecular weight excluding hydrogens is 188 g/mol. The molecular formula is C10H9F2NO. The summed E-state index contributed by atoms with van der Waals surface area (Å²) in [4.78, 5) is 2.74. The zero-order chi connectivity index (χ0) is 10.2. The zero-order valence-electron chi connectivity index (χ0n) is 7.30. The van der Waals surface area contributed by atoms with Crippen LogP contribution in [-0.4, -0.2) is 16.7 Å². The molecule has 0 aliphatic heterocycles. The number of aliphatic hydroxyl groups is 1. The van der Waals surface area contributed by atoms with Crippen LogP contribution in [0, 0.1) is 0 Å². The van der Waals surface area contributed by atoms with Crippen molar-refractivity contribution in [3.8, 4) is 0 Å². The maximum Gasteiger partial charge on any atom is 0.297 e. The van der Waals surface area contributed by atoms with Gasteiger partial charge in [0.15, 0.2) is 0 Å². The second kappa shape index (κ2) is 3.06. The molecule has 74 valence electrons. The molecule has 2 aromatic rings. The van der Waals surface area contributed by atoms with Crippen LogP contribution in [0.3, 0.4) is 0 Å². The first-order valence-electron chi connectivity index (χ1n) is 4.20. The highest BCUT2D eigenvalue weighted by atomic mass is 19.3. The fourth-order valence-electron chi connectivity index (χ4n) is 1.47. The lowest BCUT2D eigenvalue weighted by Gasteiger charge is -2.14. The van der Waals surface area contributed by atoms with E-state index in [0.717, 1.165) is 5.39 Å². The summed E-state index contributed by atoms with van der Waals surface area (Å²) in [5, 5.41) is 9.30. The number of H-pyrrole nitrogens is 1. The van der Waals surface area contributed by atoms with E-state index in [2.05, 4.69) is 4.98 Å². The maximum atomic E-state index is 13.2. The molecule has 1 aromatic carbocycles. The number of para-hydroxylation sites is 1. The van der Waals surface area contributed by atoms with E-state index in [1.165, 1.54) is 6.07 Å². The first kappa shape index (κ1) is 9.15. The van der Waals surface area contributed by atoms with Crippen LogP contribution in [-0.2, 0) is 5.92 Å². The average Bonchev–Trinajstić information content (AvgIpc) is 2.64. The number of aromatic amines is 1. The standard InChI is InChI=1S/C10H9F2NO/c11-10(12,6-14)8-3-1-2-7-4-5-13-9(7)8/h1-5,13-14H,6H2. The Balaban J connectivity index is 2.67. The third-order valence-electron chi connectivity index (χ3n) is 2.18. The van der Waals surface area contributed by atoms with Crippen LogP contribution in [0.4, 0.5) is 8.78 Å². The van der Waals surface area contributed by atoms with Crippen LogP contribution in [0.25, 0.3) is 10.9 Å². The summed E-state index contributed by atoms with van der Waals surface area (Å²) in [5.74, 6) is -3.19. The number of fused-ring (bicyclic) bond motifs is 1. The summed E-state index contributed by atoms with van der Waals surface area (Å²) < 4.78 is 26.4. The highest BCUT2D eigenvalue weighted by molar-refractivity contribution is 5.83. The topological polar surface area (TPSA) is 36.0 Å². The Morgan fingerprint density at radius 3 is 2.79 bits per heavy atom. The van der Waals surface area contributed by atoms with Gasteiger partial charge in [-0.25, -0.2) is 0 Å². The summed E-state index contributed by atoms with van der Waals surface area (Å²) in [6.45, 7) is -1.18. The van der Waals surface area contributed by atoms with Gasteiger partial charge in [-0.05, 0) is 11.5 Å². The van der Waals surface area contributed by atoms with E-state index >= 15 is 0 Å². The van der Waals surface area contributed by atoms with Gasteiger partial charge in [0, 0.05) is 11.8 Å². The highest BCUT2D eigenvalue weighted by Crippen LogP contribution is 2.32. The molecule has 0 spiro atoms. The number of hydrogen-bond acceptors (Lipinski definition) is 1. The number of halogens is 2. The Morgan fingerprint density at radius 1 is 1.29 bits per heavy atom. The molecule has 0 unspecified atom stereocenters. The molecule has 0 amide bonds. The summed E-state index contributed by atoms with van der Waals surface area (Å²) in [5.41, 5.74) is 0.217. The maximum absolute atomic E-state index is 13.2. The third-order valence-corrected chi connectivity index (χ3v) is 2.18. The zero-order valence-corrected chi connectivity index (χ0v) is 7.30. The monoisotopic (exact) mass is 197 g/mol. The average molecular weight is 197 g/mol. The van der Waals surface area contributed by atoms with Crippen molar-refractivity contribution in [3.05, 3.63) is 36.0 Å². The van der Waals surface area contributed by atoms with Crippen molar-refractivity contribution in [1.82, 2.24) is 4.98 Å². The van der Waals surface area contributed by atoms with E-state index in [4.69, 9.17) is 5.11 Å². The van der Waals surface area contributed by atoms with Gasteiger partial charge in [-0.1, -0.05) is 18.2 Å². The Bertz CT molecular complexity index is 450. The Hall–Kier alpha value is -1.42. The van der Waals surface area contributed by atoms with Crippen LogP contribution in [0.15, 0.2) is 30.5 Å². The van der Waals surface area contributed by atoms with Gasteiger partial charge in [0.1, 0.15) is 6.61 Å². The lowest BCUT2D eigenvalue weighted by Crippen LogP contribution is -2.18. The minimum Gasteiger partial charge on any atom is -0.390 e. The van der Waals surface area contributed by atoms with Crippen molar-refractivity contribution in [1.29, 1.82) is 0 Å². The van der Waals surface area contributed by atoms with Gasteiger partial charge in [0.2, 0.25) is 0 Å². The summed E-state index contributed by atoms with van der Waals surface area (Å²) in [6, 6.07) is 6.32. The van der Waals surface area contributed by atoms with Gasteiger partial charge >= 0.3 is 0 Å². The van der Waals surface area contributed by atoms with Gasteiger partial charge in [0.05, 0.1) is 5.52 Å². The normalized spacial score (nSPS) is 12.2. The smallest absolute Gasteiger partial charge is 0.297 e. The lowest BCUT2D eigenvalue weighted by molar-refractivity contribution is -0.0544. The van der Waals surface area contributed by atoms with Gasteiger partial charge in [-0.2, -0.15) is 8.78 Å². The SMILES string of the molecule is OCC(F)(F)c1cccc2cc[nH]c12. The van der Waals surface area contributed by atoms with Crippen LogP contribution < -0.4 is 0 Å². The number of aliphatic hydroxyl groups excluding tert-OH is 1. The van der Waals surface area contributed by atoms with Crippen LogP contribution in [0.5, 0.6) is 0 Å². The summed E-state index contributed by atoms with van der Waals surface area (Å²) in [7, 11) is 0. The quantitative estimate of drug-likeness (QED) is 0.761. The summed E-state index contributed by atoms with van der Waals surface area (Å²) in [6.07, 6.45) is 1.60. The van der Waals surface area contributed by atoms with Crippen LogP contribution >= 0.6 is 0 Å². The van der Waals surface area contributed by atoms with Crippen molar-refractivity contribution in [2.75, 3.05) is 6.61 Å². The minimum atomic E-state index is -3.19. The molecule has 0 saturated heterocycles. The molecule has 0 radical (unpaired) electrons. The minimum absolute atomic E-state index is 0.164. The molecule has 2 nitrogen and oxygen atoms in total. The van der Waals surface area contributed by atoms with Crippen molar-refractivity contribution in [2.45, 2.75) is 5.92 Å². The highest BCUT2D eigenvalue weighted by Gasteiger charge is 2.32. The van der Waals surface area contributed by atoms with Gasteiger partial charge in [0.25, 0.3) is 5.92 Å². The number of rotatable bonds is 2. The van der Waals surface area contributed by atoms with E-state index in [-0.39, 0.29) is 5.56 Å². The largest absolute Gasteiger partial charge is 0.390 e. The van der Waals surface area contributed by atoms with Gasteiger partial charge < -0.3 is 10.1 Å². The van der Waals surface area contributed by atoms with E-state index in [1.807, 2.05) is 0 Å². The second-order valence-corrected chi connectivity index (χ2v) is 3.11. The predicted molar refractivity (Wildman–Crippen MR) is 49.3 cm³/mol. The molecule has 0 aliphatic carbocycles. The number of nitrogens with one attached hydrogen (secondary N) is 1. The van der Waals surface area contributed by atoms with Crippen LogP contribution in [0.1, 0.15) is 5.56 Å². The Labute approximate surface area is 79.2 Å². The van der Waals surface area contributed by atoms with E-state index in [0.29, 0.717) is 5.52 Å². The molecule has 1 heterocycles. The summed E-state index contributed by atoms with van der Waals surface area (Å²) >= 11 is 0. The van der Waals surface area contributed by atoms with Crippen LogP contribution in [0.2, 0.25) is 0 Å². The number of alkyl halides is 2. The second-order valence-electron chi connectivity index (χ2n) is 3.11. The van der Waals surface area contributed by atoms with E-state index in [9.17, 15) is 8.78 Å². The molecule has 2 rings (SSSR count). The fourth-order valence-corrected chi connectivity index (χ4v) is 1.47. The number of hydrogen-bond donors (Lipinski definition) is 2. The van der Waals surface area contributed by atoms with E-state index in [1.54, 1.807) is 24.4 Å². The molecule has 0 aliphatic rings. The Kier molecular flexibility index (Phi) is 2.00. The van der Waals surface area contributed by atoms with E-state index < -0.39 is 12.5 Å². The predicted octanol–water partition coefficient (Wildman–Crippen LogP) is 2.25. The molecule has 2 N–H and O–H groups in total. The number of aromatic nitrogens is 1. The third kappa shape index (κ3) is 1.28. The Morgan fingerprint density at radius 2 is 2.07 bits per heavy atom. The van der Waals surface area contributed by atoms with Crippen molar-refractivity contribution < 1.29 is 13.9 Å². The fraction of sp³-hybridized carbons (Fsp3) is 0.200. The number of benzene rings is 1. The van der Waals surface area contributed by atoms with Crippen molar-refractivity contribution in [3.63, 3.8) is 0 Å². The molecule has 1 aromatic heterocycles. The first-order valence-corrected chi connectivity index (χ1v) is 4.20. The molecule has 0 fully saturated rings. The molecule has 14 heavy (non-hydrogen) atoms. The van der Waals surface area contributed by atoms with Crippen molar-refractivity contribution >= 4 is 10.9 Å². The van der Waals surface area contributed by atoms with Gasteiger partial charge in [-0.3, -0.25) is 0 Å². The molecule has 0 atom stereocenters. The van der Waals surface area contributed by atoms with Gasteiger partial charge in [-0.15, -0.1) is 0 Å². The van der Waals surface area contributed by atoms with Crippen molar-refractivity contribution in [2.24, 2.45) is 0 Å². The molecule has 0 bridgehead atoms. The molecule has 4 heteroatoms. The first-order chi connectivity index (χ1) is 6.65.